The molecule has 1 atom stereocenters. The molecule has 2 N–H and O–H groups in total. The van der Waals surface area contributed by atoms with Crippen LogP contribution in [0, 0.1) is 12.8 Å². The molecule has 6 nitrogen and oxygen atoms in total. The maximum absolute atomic E-state index is 6.13. The molecule has 1 fully saturated rings. The van der Waals surface area contributed by atoms with Crippen molar-refractivity contribution in [1.29, 1.82) is 0 Å². The summed E-state index contributed by atoms with van der Waals surface area (Å²) in [6, 6.07) is 6.34. The van der Waals surface area contributed by atoms with E-state index in [0.717, 1.165) is 75.9 Å². The average molecular weight is 392 g/mol. The van der Waals surface area contributed by atoms with Gasteiger partial charge in [-0.25, -0.2) is 4.99 Å². The molecular formula is C22H37N3O3. The van der Waals surface area contributed by atoms with Crippen LogP contribution in [0.3, 0.4) is 0 Å². The smallest absolute Gasteiger partial charge is 0.191 e. The van der Waals surface area contributed by atoms with Crippen LogP contribution in [0.5, 0.6) is 5.75 Å². The number of hydrogen-bond acceptors (Lipinski definition) is 4. The summed E-state index contributed by atoms with van der Waals surface area (Å²) in [4.78, 5) is 4.75. The number of benzene rings is 1. The Labute approximate surface area is 170 Å². The van der Waals surface area contributed by atoms with Crippen LogP contribution in [-0.4, -0.2) is 52.6 Å². The molecule has 0 aromatic heterocycles. The number of aryl methyl sites for hydroxylation is 1. The summed E-state index contributed by atoms with van der Waals surface area (Å²) in [6.07, 6.45) is 4.44. The molecule has 1 saturated heterocycles. The molecular weight excluding hydrogens is 354 g/mol. The SMILES string of the molecule is CCNC(=NCc1ccc(C)cc1OCC1CCOC1)NCCCCCOC. The van der Waals surface area contributed by atoms with Crippen LogP contribution >= 0.6 is 0 Å². The minimum absolute atomic E-state index is 0.494. The zero-order chi connectivity index (χ0) is 20.0. The minimum atomic E-state index is 0.494. The maximum Gasteiger partial charge on any atom is 0.191 e. The first kappa shape index (κ1) is 22.5. The van der Waals surface area contributed by atoms with E-state index in [0.29, 0.717) is 19.1 Å². The Hall–Kier alpha value is -1.79. The first-order valence-corrected chi connectivity index (χ1v) is 10.5. The van der Waals surface area contributed by atoms with Crippen LogP contribution in [0.4, 0.5) is 0 Å². The molecule has 6 heteroatoms. The number of hydrogen-bond donors (Lipinski definition) is 2. The fourth-order valence-electron chi connectivity index (χ4n) is 3.11. The van der Waals surface area contributed by atoms with Gasteiger partial charge in [-0.05, 0) is 51.2 Å². The molecule has 0 spiro atoms. The van der Waals surface area contributed by atoms with Crippen molar-refractivity contribution < 1.29 is 14.2 Å². The van der Waals surface area contributed by atoms with E-state index < -0.39 is 0 Å². The second kappa shape index (κ2) is 13.4. The van der Waals surface area contributed by atoms with Gasteiger partial charge in [-0.3, -0.25) is 0 Å². The lowest BCUT2D eigenvalue weighted by Crippen LogP contribution is -2.37. The van der Waals surface area contributed by atoms with Crippen LogP contribution < -0.4 is 15.4 Å². The molecule has 1 aliphatic rings. The van der Waals surface area contributed by atoms with E-state index in [-0.39, 0.29) is 0 Å². The first-order chi connectivity index (χ1) is 13.7. The molecule has 0 aliphatic carbocycles. The lowest BCUT2D eigenvalue weighted by atomic mass is 10.1. The zero-order valence-electron chi connectivity index (χ0n) is 17.8. The second-order valence-electron chi connectivity index (χ2n) is 7.33. The molecule has 1 aromatic rings. The lowest BCUT2D eigenvalue weighted by Gasteiger charge is -2.15. The van der Waals surface area contributed by atoms with E-state index in [1.54, 1.807) is 7.11 Å². The summed E-state index contributed by atoms with van der Waals surface area (Å²) >= 11 is 0. The van der Waals surface area contributed by atoms with Crippen molar-refractivity contribution in [2.45, 2.75) is 46.1 Å². The van der Waals surface area contributed by atoms with Crippen LogP contribution in [0.1, 0.15) is 43.7 Å². The predicted octanol–water partition coefficient (Wildman–Crippen LogP) is 3.28. The Morgan fingerprint density at radius 3 is 2.89 bits per heavy atom. The van der Waals surface area contributed by atoms with Gasteiger partial charge in [0.2, 0.25) is 0 Å². The van der Waals surface area contributed by atoms with E-state index >= 15 is 0 Å². The van der Waals surface area contributed by atoms with Crippen molar-refractivity contribution >= 4 is 5.96 Å². The van der Waals surface area contributed by atoms with Crippen LogP contribution in [0.15, 0.2) is 23.2 Å². The maximum atomic E-state index is 6.13. The highest BCUT2D eigenvalue weighted by atomic mass is 16.5. The summed E-state index contributed by atoms with van der Waals surface area (Å²) in [5.74, 6) is 2.28. The third-order valence-corrected chi connectivity index (χ3v) is 4.79. The zero-order valence-corrected chi connectivity index (χ0v) is 17.8. The standard InChI is InChI=1S/C22H37N3O3/c1-4-23-22(24-11-6-5-7-12-26-3)25-15-20-9-8-18(2)14-21(20)28-17-19-10-13-27-16-19/h8-9,14,19H,4-7,10-13,15-17H2,1-3H3,(H2,23,24,25). The minimum Gasteiger partial charge on any atom is -0.493 e. The van der Waals surface area contributed by atoms with E-state index in [1.165, 1.54) is 5.56 Å². The van der Waals surface area contributed by atoms with E-state index in [2.05, 4.69) is 42.7 Å². The van der Waals surface area contributed by atoms with Crippen LogP contribution in [0.2, 0.25) is 0 Å². The summed E-state index contributed by atoms with van der Waals surface area (Å²) < 4.78 is 16.7. The van der Waals surface area contributed by atoms with E-state index in [1.807, 2.05) is 0 Å². The third kappa shape index (κ3) is 8.48. The molecule has 1 aromatic carbocycles. The Balaban J connectivity index is 1.88. The Morgan fingerprint density at radius 2 is 2.14 bits per heavy atom. The molecule has 0 saturated carbocycles. The number of nitrogens with zero attached hydrogens (tertiary/aromatic N) is 1. The van der Waals surface area contributed by atoms with Gasteiger partial charge >= 0.3 is 0 Å². The number of aliphatic imine (C=N–C) groups is 1. The number of guanidine groups is 1. The van der Waals surface area contributed by atoms with Crippen molar-refractivity contribution in [3.63, 3.8) is 0 Å². The van der Waals surface area contributed by atoms with Gasteiger partial charge in [-0.1, -0.05) is 12.1 Å². The van der Waals surface area contributed by atoms with Gasteiger partial charge < -0.3 is 24.8 Å². The summed E-state index contributed by atoms with van der Waals surface area (Å²) in [7, 11) is 1.75. The summed E-state index contributed by atoms with van der Waals surface area (Å²) in [5.41, 5.74) is 2.31. The molecule has 158 valence electrons. The Bertz CT molecular complexity index is 586. The second-order valence-corrected chi connectivity index (χ2v) is 7.33. The number of rotatable bonds is 12. The van der Waals surface area contributed by atoms with E-state index in [9.17, 15) is 0 Å². The highest BCUT2D eigenvalue weighted by Crippen LogP contribution is 2.23. The lowest BCUT2D eigenvalue weighted by molar-refractivity contribution is 0.166. The molecule has 1 unspecified atom stereocenters. The van der Waals surface area contributed by atoms with Gasteiger partial charge in [-0.15, -0.1) is 0 Å². The fraction of sp³-hybridized carbons (Fsp3) is 0.682. The highest BCUT2D eigenvalue weighted by Gasteiger charge is 2.17. The van der Waals surface area contributed by atoms with Gasteiger partial charge in [0.15, 0.2) is 5.96 Å². The molecule has 0 amide bonds. The van der Waals surface area contributed by atoms with Crippen molar-refractivity contribution in [3.8, 4) is 5.75 Å². The van der Waals surface area contributed by atoms with Crippen molar-refractivity contribution in [2.75, 3.05) is 46.6 Å². The molecule has 1 heterocycles. The normalized spacial score (nSPS) is 17.0. The summed E-state index contributed by atoms with van der Waals surface area (Å²) in [6.45, 7) is 9.71. The van der Waals surface area contributed by atoms with Crippen LogP contribution in [0.25, 0.3) is 0 Å². The average Bonchev–Trinajstić information content (AvgIpc) is 3.21. The Morgan fingerprint density at radius 1 is 1.25 bits per heavy atom. The highest BCUT2D eigenvalue weighted by molar-refractivity contribution is 5.79. The van der Waals surface area contributed by atoms with Gasteiger partial charge in [0.05, 0.1) is 19.8 Å². The Kier molecular flexibility index (Phi) is 10.8. The fourth-order valence-corrected chi connectivity index (χ4v) is 3.11. The number of nitrogens with one attached hydrogen (secondary N) is 2. The number of ether oxygens (including phenoxy) is 3. The molecule has 0 bridgehead atoms. The molecule has 0 radical (unpaired) electrons. The molecule has 28 heavy (non-hydrogen) atoms. The topological polar surface area (TPSA) is 64.1 Å². The van der Waals surface area contributed by atoms with Gasteiger partial charge in [0, 0.05) is 44.9 Å². The third-order valence-electron chi connectivity index (χ3n) is 4.79. The largest absolute Gasteiger partial charge is 0.493 e. The quantitative estimate of drug-likeness (QED) is 0.325. The molecule has 1 aliphatic heterocycles. The van der Waals surface area contributed by atoms with Gasteiger partial charge in [0.25, 0.3) is 0 Å². The first-order valence-electron chi connectivity index (χ1n) is 10.5. The predicted molar refractivity (Wildman–Crippen MR) is 114 cm³/mol. The summed E-state index contributed by atoms with van der Waals surface area (Å²) in [5, 5.41) is 6.74. The van der Waals surface area contributed by atoms with E-state index in [4.69, 9.17) is 19.2 Å². The van der Waals surface area contributed by atoms with Gasteiger partial charge in [0.1, 0.15) is 5.75 Å². The molecule has 2 rings (SSSR count). The number of unbranched alkanes of at least 4 members (excludes halogenated alkanes) is 2. The van der Waals surface area contributed by atoms with Gasteiger partial charge in [-0.2, -0.15) is 0 Å². The van der Waals surface area contributed by atoms with Crippen molar-refractivity contribution in [3.05, 3.63) is 29.3 Å². The van der Waals surface area contributed by atoms with Crippen molar-refractivity contribution in [1.82, 2.24) is 10.6 Å². The monoisotopic (exact) mass is 391 g/mol. The van der Waals surface area contributed by atoms with Crippen molar-refractivity contribution in [2.24, 2.45) is 10.9 Å². The number of methoxy groups -OCH3 is 1. The van der Waals surface area contributed by atoms with Crippen LogP contribution in [-0.2, 0) is 16.0 Å².